The van der Waals surface area contributed by atoms with E-state index in [9.17, 15) is 8.78 Å². The van der Waals surface area contributed by atoms with Gasteiger partial charge in [-0.25, -0.2) is 8.78 Å². The zero-order valence-corrected chi connectivity index (χ0v) is 11.2. The van der Waals surface area contributed by atoms with Gasteiger partial charge in [0.2, 0.25) is 0 Å². The van der Waals surface area contributed by atoms with Crippen LogP contribution in [0.2, 0.25) is 0 Å². The van der Waals surface area contributed by atoms with Crippen LogP contribution in [0.3, 0.4) is 0 Å². The van der Waals surface area contributed by atoms with Crippen LogP contribution < -0.4 is 5.73 Å². The Morgan fingerprint density at radius 2 is 2.06 bits per heavy atom. The molecule has 0 saturated carbocycles. The quantitative estimate of drug-likeness (QED) is 0.908. The van der Waals surface area contributed by atoms with Crippen molar-refractivity contribution < 1.29 is 8.78 Å². The Morgan fingerprint density at radius 3 is 2.71 bits per heavy atom. The molecule has 2 N–H and O–H groups in total. The highest BCUT2D eigenvalue weighted by molar-refractivity contribution is 9.10. The van der Waals surface area contributed by atoms with Gasteiger partial charge in [-0.2, -0.15) is 0 Å². The lowest BCUT2D eigenvalue weighted by molar-refractivity contribution is 0.562. The summed E-state index contributed by atoms with van der Waals surface area (Å²) in [5.41, 5.74) is 6.11. The summed E-state index contributed by atoms with van der Waals surface area (Å²) >= 11 is 4.88. The average molecular weight is 318 g/mol. The number of halogens is 3. The molecule has 5 heteroatoms. The molecule has 90 valence electrons. The lowest BCUT2D eigenvalue weighted by Gasteiger charge is -2.11. The highest BCUT2D eigenvalue weighted by Gasteiger charge is 2.14. The maximum atomic E-state index is 13.5. The standard InChI is InChI=1S/C12H10BrF2NS/c13-7-3-9(17-6-7)5-12(16)10-4-8(14)1-2-11(10)15/h1-4,6,12H,5,16H2. The van der Waals surface area contributed by atoms with Crippen LogP contribution in [0.25, 0.3) is 0 Å². The maximum Gasteiger partial charge on any atom is 0.128 e. The van der Waals surface area contributed by atoms with Gasteiger partial charge in [0, 0.05) is 32.8 Å². The summed E-state index contributed by atoms with van der Waals surface area (Å²) in [4.78, 5) is 1.04. The van der Waals surface area contributed by atoms with E-state index in [2.05, 4.69) is 15.9 Å². The van der Waals surface area contributed by atoms with Crippen LogP contribution in [0, 0.1) is 11.6 Å². The first-order chi connectivity index (χ1) is 8.06. The SMILES string of the molecule is NC(Cc1cc(Br)cs1)c1cc(F)ccc1F. The summed E-state index contributed by atoms with van der Waals surface area (Å²) in [7, 11) is 0. The van der Waals surface area contributed by atoms with Gasteiger partial charge >= 0.3 is 0 Å². The molecule has 1 aromatic carbocycles. The minimum absolute atomic E-state index is 0.217. The molecule has 1 nitrogen and oxygen atoms in total. The van der Waals surface area contributed by atoms with Gasteiger partial charge in [0.15, 0.2) is 0 Å². The minimum atomic E-state index is -0.531. The average Bonchev–Trinajstić information content (AvgIpc) is 2.67. The molecule has 17 heavy (non-hydrogen) atoms. The third kappa shape index (κ3) is 3.12. The van der Waals surface area contributed by atoms with E-state index in [1.165, 1.54) is 11.3 Å². The van der Waals surface area contributed by atoms with Gasteiger partial charge in [-0.15, -0.1) is 11.3 Å². The molecule has 1 heterocycles. The molecule has 0 saturated heterocycles. The molecule has 0 fully saturated rings. The fourth-order valence-corrected chi connectivity index (χ4v) is 3.10. The molecule has 0 aliphatic rings. The van der Waals surface area contributed by atoms with Crippen molar-refractivity contribution >= 4 is 27.3 Å². The van der Waals surface area contributed by atoms with Crippen LogP contribution in [0.15, 0.2) is 34.1 Å². The Bertz CT molecular complexity index is 527. The van der Waals surface area contributed by atoms with E-state index in [1.54, 1.807) is 0 Å². The third-order valence-corrected chi connectivity index (χ3v) is 4.12. The molecule has 1 atom stereocenters. The van der Waals surface area contributed by atoms with Crippen LogP contribution in [0.5, 0.6) is 0 Å². The van der Waals surface area contributed by atoms with Gasteiger partial charge in [-0.1, -0.05) is 0 Å². The third-order valence-electron chi connectivity index (χ3n) is 2.40. The smallest absolute Gasteiger partial charge is 0.128 e. The van der Waals surface area contributed by atoms with Crippen LogP contribution in [0.1, 0.15) is 16.5 Å². The predicted molar refractivity (Wildman–Crippen MR) is 69.0 cm³/mol. The van der Waals surface area contributed by atoms with Crippen molar-refractivity contribution in [3.05, 3.63) is 56.2 Å². The topological polar surface area (TPSA) is 26.0 Å². The molecule has 0 aliphatic heterocycles. The second-order valence-electron chi connectivity index (χ2n) is 3.71. The van der Waals surface area contributed by atoms with E-state index in [0.717, 1.165) is 27.5 Å². The molecule has 2 rings (SSSR count). The predicted octanol–water partition coefficient (Wildman–Crippen LogP) is 4.03. The minimum Gasteiger partial charge on any atom is -0.324 e. The second-order valence-corrected chi connectivity index (χ2v) is 5.62. The molecular weight excluding hydrogens is 308 g/mol. The van der Waals surface area contributed by atoms with E-state index in [4.69, 9.17) is 5.73 Å². The van der Waals surface area contributed by atoms with Crippen molar-refractivity contribution in [2.45, 2.75) is 12.5 Å². The van der Waals surface area contributed by atoms with Gasteiger partial charge in [-0.05, 0) is 40.2 Å². The fourth-order valence-electron chi connectivity index (χ4n) is 1.59. The molecule has 0 amide bonds. The summed E-state index contributed by atoms with van der Waals surface area (Å²) in [5, 5.41) is 1.93. The largest absolute Gasteiger partial charge is 0.324 e. The highest BCUT2D eigenvalue weighted by Crippen LogP contribution is 2.25. The molecule has 0 radical (unpaired) electrons. The summed E-state index contributed by atoms with van der Waals surface area (Å²) < 4.78 is 27.5. The Labute approximate surface area is 110 Å². The van der Waals surface area contributed by atoms with Gasteiger partial charge in [0.1, 0.15) is 11.6 Å². The first kappa shape index (κ1) is 12.7. The Morgan fingerprint density at radius 1 is 1.29 bits per heavy atom. The molecule has 1 unspecified atom stereocenters. The van der Waals surface area contributed by atoms with Crippen molar-refractivity contribution in [2.24, 2.45) is 5.73 Å². The lowest BCUT2D eigenvalue weighted by atomic mass is 10.0. The zero-order chi connectivity index (χ0) is 12.4. The van der Waals surface area contributed by atoms with Crippen molar-refractivity contribution in [2.75, 3.05) is 0 Å². The van der Waals surface area contributed by atoms with E-state index in [0.29, 0.717) is 6.42 Å². The van der Waals surface area contributed by atoms with Crippen LogP contribution in [-0.2, 0) is 6.42 Å². The van der Waals surface area contributed by atoms with Gasteiger partial charge in [-0.3, -0.25) is 0 Å². The van der Waals surface area contributed by atoms with Crippen LogP contribution >= 0.6 is 27.3 Å². The highest BCUT2D eigenvalue weighted by atomic mass is 79.9. The lowest BCUT2D eigenvalue weighted by Crippen LogP contribution is -2.14. The summed E-state index contributed by atoms with van der Waals surface area (Å²) in [6.45, 7) is 0. The maximum absolute atomic E-state index is 13.5. The number of thiophene rings is 1. The molecular formula is C12H10BrF2NS. The Kier molecular flexibility index (Phi) is 3.91. The Balaban J connectivity index is 2.19. The number of hydrogen-bond donors (Lipinski definition) is 1. The second kappa shape index (κ2) is 5.25. The summed E-state index contributed by atoms with van der Waals surface area (Å²) in [5.74, 6) is -0.932. The fraction of sp³-hybridized carbons (Fsp3) is 0.167. The normalized spacial score (nSPS) is 12.7. The Hall–Kier alpha value is -0.780. The summed E-state index contributed by atoms with van der Waals surface area (Å²) in [6.07, 6.45) is 0.497. The van der Waals surface area contributed by atoms with Crippen molar-refractivity contribution in [1.29, 1.82) is 0 Å². The van der Waals surface area contributed by atoms with E-state index in [1.807, 2.05) is 11.4 Å². The monoisotopic (exact) mass is 317 g/mol. The summed E-state index contributed by atoms with van der Waals surface area (Å²) in [6, 6.07) is 4.75. The zero-order valence-electron chi connectivity index (χ0n) is 8.79. The van der Waals surface area contributed by atoms with E-state index in [-0.39, 0.29) is 5.56 Å². The molecule has 0 aliphatic carbocycles. The first-order valence-electron chi connectivity index (χ1n) is 4.99. The van der Waals surface area contributed by atoms with Crippen LogP contribution in [-0.4, -0.2) is 0 Å². The number of nitrogens with two attached hydrogens (primary N) is 1. The van der Waals surface area contributed by atoms with Crippen molar-refractivity contribution in [1.82, 2.24) is 0 Å². The van der Waals surface area contributed by atoms with Gasteiger partial charge in [0.05, 0.1) is 0 Å². The van der Waals surface area contributed by atoms with Crippen molar-refractivity contribution in [3.8, 4) is 0 Å². The number of rotatable bonds is 3. The number of benzene rings is 1. The van der Waals surface area contributed by atoms with Crippen LogP contribution in [0.4, 0.5) is 8.78 Å². The number of hydrogen-bond acceptors (Lipinski definition) is 2. The van der Waals surface area contributed by atoms with Gasteiger partial charge < -0.3 is 5.73 Å². The van der Waals surface area contributed by atoms with Gasteiger partial charge in [0.25, 0.3) is 0 Å². The van der Waals surface area contributed by atoms with E-state index >= 15 is 0 Å². The molecule has 0 bridgehead atoms. The molecule has 2 aromatic rings. The first-order valence-corrected chi connectivity index (χ1v) is 6.67. The molecule has 1 aromatic heterocycles. The van der Waals surface area contributed by atoms with Crippen molar-refractivity contribution in [3.63, 3.8) is 0 Å². The van der Waals surface area contributed by atoms with E-state index < -0.39 is 17.7 Å². The molecule has 0 spiro atoms.